The number of carboxylic acid groups (broad SMARTS) is 1. The summed E-state index contributed by atoms with van der Waals surface area (Å²) in [6.07, 6.45) is 3.40. The van der Waals surface area contributed by atoms with Crippen molar-refractivity contribution >= 4 is 5.97 Å². The van der Waals surface area contributed by atoms with Crippen LogP contribution in [0.3, 0.4) is 0 Å². The minimum Gasteiger partial charge on any atom is -0.489 e. The Hall–Kier alpha value is -2.33. The second-order valence-corrected chi connectivity index (χ2v) is 7.62. The number of aryl methyl sites for hydroxylation is 1. The molecule has 1 fully saturated rings. The SMILES string of the molecule is Cc1cccc(COc2ccc(C(C)NC3CCC(C(=O)O)CC3)cc2)c1. The summed E-state index contributed by atoms with van der Waals surface area (Å²) in [5.74, 6) is 0.0559. The van der Waals surface area contributed by atoms with E-state index in [0.29, 0.717) is 12.6 Å². The minimum atomic E-state index is -0.650. The summed E-state index contributed by atoms with van der Waals surface area (Å²) in [4.78, 5) is 11.1. The highest BCUT2D eigenvalue weighted by Crippen LogP contribution is 2.27. The standard InChI is InChI=1S/C23H29NO3/c1-16-4-3-5-18(14-16)15-27-22-12-8-19(9-13-22)17(2)24-21-10-6-20(7-11-21)23(25)26/h3-5,8-9,12-14,17,20-21,24H,6-7,10-11,15H2,1-2H3,(H,25,26). The first kappa shape index (κ1) is 19.4. The Kier molecular flexibility index (Phi) is 6.51. The molecular formula is C23H29NO3. The number of benzene rings is 2. The van der Waals surface area contributed by atoms with Gasteiger partial charge in [0.25, 0.3) is 0 Å². The number of nitrogens with one attached hydrogen (secondary N) is 1. The Morgan fingerprint density at radius 2 is 1.85 bits per heavy atom. The lowest BCUT2D eigenvalue weighted by Crippen LogP contribution is -2.36. The van der Waals surface area contributed by atoms with Gasteiger partial charge in [-0.1, -0.05) is 42.0 Å². The molecule has 1 aliphatic carbocycles. The van der Waals surface area contributed by atoms with Crippen molar-refractivity contribution in [2.45, 2.75) is 58.2 Å². The molecule has 0 bridgehead atoms. The van der Waals surface area contributed by atoms with Gasteiger partial charge >= 0.3 is 5.97 Å². The fraction of sp³-hybridized carbons (Fsp3) is 0.435. The molecule has 0 heterocycles. The molecule has 27 heavy (non-hydrogen) atoms. The fourth-order valence-electron chi connectivity index (χ4n) is 3.78. The van der Waals surface area contributed by atoms with Crippen LogP contribution in [0.5, 0.6) is 5.75 Å². The molecule has 3 rings (SSSR count). The zero-order valence-corrected chi connectivity index (χ0v) is 16.2. The van der Waals surface area contributed by atoms with Gasteiger partial charge in [0.2, 0.25) is 0 Å². The van der Waals surface area contributed by atoms with Gasteiger partial charge in [0.05, 0.1) is 5.92 Å². The molecule has 0 aliphatic heterocycles. The first-order valence-electron chi connectivity index (χ1n) is 9.78. The number of hydrogen-bond donors (Lipinski definition) is 2. The molecule has 0 amide bonds. The summed E-state index contributed by atoms with van der Waals surface area (Å²) in [5, 5.41) is 12.8. The van der Waals surface area contributed by atoms with Gasteiger partial charge in [0, 0.05) is 12.1 Å². The molecule has 1 saturated carbocycles. The van der Waals surface area contributed by atoms with Gasteiger partial charge in [0.15, 0.2) is 0 Å². The van der Waals surface area contributed by atoms with E-state index in [1.54, 1.807) is 0 Å². The van der Waals surface area contributed by atoms with Gasteiger partial charge in [-0.05, 0) is 62.8 Å². The third-order valence-corrected chi connectivity index (χ3v) is 5.43. The summed E-state index contributed by atoms with van der Waals surface area (Å²) in [7, 11) is 0. The lowest BCUT2D eigenvalue weighted by molar-refractivity contribution is -0.142. The molecule has 0 radical (unpaired) electrons. The van der Waals surface area contributed by atoms with E-state index >= 15 is 0 Å². The van der Waals surface area contributed by atoms with Gasteiger partial charge in [-0.3, -0.25) is 4.79 Å². The van der Waals surface area contributed by atoms with Crippen molar-refractivity contribution in [3.8, 4) is 5.75 Å². The molecule has 144 valence electrons. The van der Waals surface area contributed by atoms with Crippen LogP contribution in [0.25, 0.3) is 0 Å². The molecule has 4 heteroatoms. The normalized spacial score (nSPS) is 20.8. The Balaban J connectivity index is 1.48. The van der Waals surface area contributed by atoms with E-state index in [1.165, 1.54) is 16.7 Å². The predicted molar refractivity (Wildman–Crippen MR) is 107 cm³/mol. The van der Waals surface area contributed by atoms with E-state index < -0.39 is 5.97 Å². The van der Waals surface area contributed by atoms with Crippen molar-refractivity contribution in [1.82, 2.24) is 5.32 Å². The van der Waals surface area contributed by atoms with Crippen LogP contribution in [-0.4, -0.2) is 17.1 Å². The van der Waals surface area contributed by atoms with Gasteiger partial charge in [-0.15, -0.1) is 0 Å². The molecule has 1 aliphatic rings. The Bertz CT molecular complexity index is 748. The highest BCUT2D eigenvalue weighted by atomic mass is 16.5. The monoisotopic (exact) mass is 367 g/mol. The molecule has 1 unspecified atom stereocenters. The van der Waals surface area contributed by atoms with E-state index in [0.717, 1.165) is 31.4 Å². The first-order chi connectivity index (χ1) is 13.0. The molecule has 1 atom stereocenters. The van der Waals surface area contributed by atoms with E-state index in [-0.39, 0.29) is 12.0 Å². The van der Waals surface area contributed by atoms with Crippen molar-refractivity contribution in [3.05, 3.63) is 65.2 Å². The number of carbonyl (C=O) groups is 1. The third-order valence-electron chi connectivity index (χ3n) is 5.43. The van der Waals surface area contributed by atoms with Crippen LogP contribution in [0.1, 0.15) is 55.3 Å². The fourth-order valence-corrected chi connectivity index (χ4v) is 3.78. The third kappa shape index (κ3) is 5.57. The van der Waals surface area contributed by atoms with Crippen molar-refractivity contribution in [2.75, 3.05) is 0 Å². The second-order valence-electron chi connectivity index (χ2n) is 7.62. The zero-order chi connectivity index (χ0) is 19.2. The van der Waals surface area contributed by atoms with Crippen LogP contribution in [0.4, 0.5) is 0 Å². The quantitative estimate of drug-likeness (QED) is 0.733. The van der Waals surface area contributed by atoms with Gasteiger partial charge < -0.3 is 15.2 Å². The molecule has 0 spiro atoms. The van der Waals surface area contributed by atoms with E-state index in [1.807, 2.05) is 12.1 Å². The molecule has 4 nitrogen and oxygen atoms in total. The summed E-state index contributed by atoms with van der Waals surface area (Å²) in [5.41, 5.74) is 3.63. The van der Waals surface area contributed by atoms with Crippen LogP contribution >= 0.6 is 0 Å². The largest absolute Gasteiger partial charge is 0.489 e. The number of carboxylic acids is 1. The zero-order valence-electron chi connectivity index (χ0n) is 16.2. The maximum atomic E-state index is 11.1. The van der Waals surface area contributed by atoms with Crippen LogP contribution < -0.4 is 10.1 Å². The topological polar surface area (TPSA) is 58.6 Å². The van der Waals surface area contributed by atoms with Gasteiger partial charge in [-0.2, -0.15) is 0 Å². The number of ether oxygens (including phenoxy) is 1. The molecule has 2 aromatic rings. The Morgan fingerprint density at radius 1 is 1.15 bits per heavy atom. The highest BCUT2D eigenvalue weighted by molar-refractivity contribution is 5.70. The van der Waals surface area contributed by atoms with Crippen molar-refractivity contribution in [3.63, 3.8) is 0 Å². The van der Waals surface area contributed by atoms with E-state index in [9.17, 15) is 4.79 Å². The van der Waals surface area contributed by atoms with Crippen LogP contribution in [-0.2, 0) is 11.4 Å². The number of hydrogen-bond acceptors (Lipinski definition) is 3. The van der Waals surface area contributed by atoms with Gasteiger partial charge in [-0.25, -0.2) is 0 Å². The molecular weight excluding hydrogens is 338 g/mol. The number of aliphatic carboxylic acids is 1. The lowest BCUT2D eigenvalue weighted by Gasteiger charge is -2.29. The smallest absolute Gasteiger partial charge is 0.306 e. The average molecular weight is 367 g/mol. The van der Waals surface area contributed by atoms with Crippen LogP contribution in [0.2, 0.25) is 0 Å². The van der Waals surface area contributed by atoms with Gasteiger partial charge in [0.1, 0.15) is 12.4 Å². The van der Waals surface area contributed by atoms with Crippen LogP contribution in [0, 0.1) is 12.8 Å². The minimum absolute atomic E-state index is 0.164. The van der Waals surface area contributed by atoms with Crippen LogP contribution in [0.15, 0.2) is 48.5 Å². The summed E-state index contributed by atoms with van der Waals surface area (Å²) < 4.78 is 5.89. The Labute approximate surface area is 161 Å². The molecule has 2 N–H and O–H groups in total. The van der Waals surface area contributed by atoms with Crippen molar-refractivity contribution in [1.29, 1.82) is 0 Å². The predicted octanol–water partition coefficient (Wildman–Crippen LogP) is 4.87. The second kappa shape index (κ2) is 9.05. The highest BCUT2D eigenvalue weighted by Gasteiger charge is 2.26. The number of rotatable bonds is 7. The molecule has 2 aromatic carbocycles. The summed E-state index contributed by atoms with van der Waals surface area (Å²) in [6, 6.07) is 17.2. The maximum Gasteiger partial charge on any atom is 0.306 e. The summed E-state index contributed by atoms with van der Waals surface area (Å²) in [6.45, 7) is 4.81. The maximum absolute atomic E-state index is 11.1. The van der Waals surface area contributed by atoms with Crippen molar-refractivity contribution < 1.29 is 14.6 Å². The summed E-state index contributed by atoms with van der Waals surface area (Å²) >= 11 is 0. The average Bonchev–Trinajstić information content (AvgIpc) is 2.67. The first-order valence-corrected chi connectivity index (χ1v) is 9.78. The van der Waals surface area contributed by atoms with Crippen molar-refractivity contribution in [2.24, 2.45) is 5.92 Å². The van der Waals surface area contributed by atoms with E-state index in [4.69, 9.17) is 9.84 Å². The van der Waals surface area contributed by atoms with E-state index in [2.05, 4.69) is 55.6 Å². The molecule has 0 saturated heterocycles. The Morgan fingerprint density at radius 3 is 2.48 bits per heavy atom. The lowest BCUT2D eigenvalue weighted by atomic mass is 9.85. The molecule has 0 aromatic heterocycles.